The third kappa shape index (κ3) is 14.7. The second-order valence-corrected chi connectivity index (χ2v) is 6.09. The minimum Gasteiger partial charge on any atom is -0.750 e. The first kappa shape index (κ1) is 30.7. The predicted octanol–water partition coefficient (Wildman–Crippen LogP) is -11.8. The van der Waals surface area contributed by atoms with Crippen LogP contribution in [0, 0.1) is 0 Å². The maximum atomic E-state index is 10.6. The van der Waals surface area contributed by atoms with Crippen LogP contribution in [0.5, 0.6) is 0 Å². The van der Waals surface area contributed by atoms with Crippen LogP contribution >= 0.6 is 0 Å². The molecule has 0 saturated carbocycles. The Morgan fingerprint density at radius 1 is 1.17 bits per heavy atom. The summed E-state index contributed by atoms with van der Waals surface area (Å²) in [5, 5.41) is 0. The molecule has 0 aromatic carbocycles. The van der Waals surface area contributed by atoms with E-state index in [1.54, 1.807) is 4.72 Å². The molecule has 0 spiro atoms. The molecule has 1 aliphatic rings. The topological polar surface area (TPSA) is 177 Å². The standard InChI is InChI=1S/C6H13NO10S3.3Na/c8-18(9)16-2-4-1-6(17-19(10)11)5(3-15-4)7-20(12,13)14;;;/h4-7H,1-3H2,(H,8,9)(H,10,11)(H,12,13,14);;;/q;3*+1/p-3. The first-order valence-electron chi connectivity index (χ1n) is 5.01. The van der Waals surface area contributed by atoms with Gasteiger partial charge in [-0.2, -0.15) is 0 Å². The van der Waals surface area contributed by atoms with Gasteiger partial charge in [-0.25, -0.2) is 21.6 Å². The van der Waals surface area contributed by atoms with E-state index in [0.29, 0.717) is 0 Å². The minimum absolute atomic E-state index is 0. The van der Waals surface area contributed by atoms with Gasteiger partial charge in [0.2, 0.25) is 0 Å². The molecule has 0 aromatic heterocycles. The van der Waals surface area contributed by atoms with Crippen LogP contribution in [0.3, 0.4) is 0 Å². The smallest absolute Gasteiger partial charge is 0.750 e. The Kier molecular flexibility index (Phi) is 20.0. The Labute approximate surface area is 205 Å². The molecule has 1 saturated heterocycles. The van der Waals surface area contributed by atoms with Gasteiger partial charge in [0.25, 0.3) is 0 Å². The summed E-state index contributed by atoms with van der Waals surface area (Å²) in [7, 11) is -4.83. The van der Waals surface area contributed by atoms with Gasteiger partial charge in [-0.15, -0.1) is 0 Å². The molecule has 0 aliphatic carbocycles. The van der Waals surface area contributed by atoms with E-state index in [-0.39, 0.29) is 102 Å². The van der Waals surface area contributed by atoms with Crippen LogP contribution in [-0.2, 0) is 46.1 Å². The Hall–Kier alpha value is 2.97. The summed E-state index contributed by atoms with van der Waals surface area (Å²) in [5.41, 5.74) is 0. The fourth-order valence-corrected chi connectivity index (χ4v) is 2.86. The number of hydrogen-bond acceptors (Lipinski definition) is 10. The van der Waals surface area contributed by atoms with Crippen molar-refractivity contribution in [1.29, 1.82) is 0 Å². The summed E-state index contributed by atoms with van der Waals surface area (Å²) < 4.78 is 88.6. The minimum atomic E-state index is -4.83. The average Bonchev–Trinajstić information content (AvgIpc) is 2.27. The zero-order valence-corrected chi connectivity index (χ0v) is 21.1. The Balaban J connectivity index is -0.00000133. The van der Waals surface area contributed by atoms with Crippen molar-refractivity contribution in [1.82, 2.24) is 4.72 Å². The SMILES string of the molecule is O=S([O-])OCC1CC(OS(=O)[O-])C(NS(=O)(=O)[O-])CO1.[Na+].[Na+].[Na+]. The quantitative estimate of drug-likeness (QED) is 0.236. The van der Waals surface area contributed by atoms with Crippen molar-refractivity contribution in [3.05, 3.63) is 0 Å². The van der Waals surface area contributed by atoms with E-state index in [1.807, 2.05) is 0 Å². The van der Waals surface area contributed by atoms with Gasteiger partial charge in [-0.1, -0.05) is 0 Å². The molecule has 23 heavy (non-hydrogen) atoms. The third-order valence-electron chi connectivity index (χ3n) is 2.30. The molecule has 1 rings (SSSR count). The number of nitrogens with one attached hydrogen (secondary N) is 1. The van der Waals surface area contributed by atoms with E-state index in [1.165, 1.54) is 0 Å². The molecule has 1 heterocycles. The van der Waals surface area contributed by atoms with Gasteiger partial charge in [-0.3, -0.25) is 8.37 Å². The first-order valence-corrected chi connectivity index (χ1v) is 8.42. The molecule has 1 aliphatic heterocycles. The summed E-state index contributed by atoms with van der Waals surface area (Å²) >= 11 is -5.71. The summed E-state index contributed by atoms with van der Waals surface area (Å²) in [6, 6.07) is -1.20. The van der Waals surface area contributed by atoms with E-state index in [9.17, 15) is 30.5 Å². The Morgan fingerprint density at radius 2 is 1.74 bits per heavy atom. The van der Waals surface area contributed by atoms with Gasteiger partial charge >= 0.3 is 88.7 Å². The summed E-state index contributed by atoms with van der Waals surface area (Å²) in [5.74, 6) is 0. The average molecular weight is 421 g/mol. The molecule has 1 N–H and O–H groups in total. The second-order valence-electron chi connectivity index (χ2n) is 3.70. The van der Waals surface area contributed by atoms with E-state index in [2.05, 4.69) is 8.37 Å². The molecule has 17 heteroatoms. The largest absolute Gasteiger partial charge is 1.00 e. The molecule has 11 nitrogen and oxygen atoms in total. The molecule has 0 aromatic rings. The van der Waals surface area contributed by atoms with Gasteiger partial charge in [-0.05, 0) is 0 Å². The van der Waals surface area contributed by atoms with Gasteiger partial charge in [0.1, 0.15) is 0 Å². The fourth-order valence-electron chi connectivity index (χ4n) is 1.59. The van der Waals surface area contributed by atoms with Crippen molar-refractivity contribution in [3.63, 3.8) is 0 Å². The van der Waals surface area contributed by atoms with Crippen molar-refractivity contribution in [2.24, 2.45) is 0 Å². The number of hydrogen-bond donors (Lipinski definition) is 1. The first-order chi connectivity index (χ1) is 9.17. The summed E-state index contributed by atoms with van der Waals surface area (Å²) in [6.45, 7) is -0.763. The number of rotatable bonds is 7. The van der Waals surface area contributed by atoms with Crippen LogP contribution < -0.4 is 93.4 Å². The van der Waals surface area contributed by atoms with Crippen molar-refractivity contribution in [3.8, 4) is 0 Å². The summed E-state index contributed by atoms with van der Waals surface area (Å²) in [4.78, 5) is 0. The molecule has 0 radical (unpaired) electrons. The van der Waals surface area contributed by atoms with Crippen molar-refractivity contribution in [2.45, 2.75) is 24.7 Å². The van der Waals surface area contributed by atoms with Crippen LogP contribution in [0.25, 0.3) is 0 Å². The summed E-state index contributed by atoms with van der Waals surface area (Å²) in [6.07, 6.45) is -2.22. The zero-order chi connectivity index (χ0) is 15.3. The monoisotopic (exact) mass is 421 g/mol. The van der Waals surface area contributed by atoms with Gasteiger partial charge < -0.3 is 18.4 Å². The fraction of sp³-hybridized carbons (Fsp3) is 1.00. The normalized spacial score (nSPS) is 26.8. The van der Waals surface area contributed by atoms with Crippen molar-refractivity contribution < 1.29 is 132 Å². The molecule has 0 bridgehead atoms. The van der Waals surface area contributed by atoms with Crippen LogP contribution in [-0.4, -0.2) is 62.0 Å². The van der Waals surface area contributed by atoms with Crippen LogP contribution in [0.2, 0.25) is 0 Å². The molecule has 0 amide bonds. The van der Waals surface area contributed by atoms with E-state index >= 15 is 0 Å². The van der Waals surface area contributed by atoms with Gasteiger partial charge in [0, 0.05) is 6.42 Å². The Bertz CT molecular complexity index is 478. The van der Waals surface area contributed by atoms with Crippen molar-refractivity contribution >= 4 is 33.0 Å². The van der Waals surface area contributed by atoms with E-state index in [0.717, 1.165) is 0 Å². The molecule has 5 unspecified atom stereocenters. The molecular weight excluding hydrogens is 411 g/mol. The second kappa shape index (κ2) is 15.0. The molecule has 5 atom stereocenters. The van der Waals surface area contributed by atoms with Gasteiger partial charge in [0.15, 0.2) is 10.3 Å². The van der Waals surface area contributed by atoms with E-state index < -0.39 is 57.9 Å². The van der Waals surface area contributed by atoms with Crippen LogP contribution in [0.15, 0.2) is 0 Å². The van der Waals surface area contributed by atoms with E-state index in [4.69, 9.17) is 4.74 Å². The van der Waals surface area contributed by atoms with Crippen LogP contribution in [0.4, 0.5) is 0 Å². The maximum Gasteiger partial charge on any atom is 1.00 e. The predicted molar refractivity (Wildman–Crippen MR) is 59.6 cm³/mol. The van der Waals surface area contributed by atoms with Gasteiger partial charge in [0.05, 0.1) is 54.2 Å². The molecule has 1 fully saturated rings. The Morgan fingerprint density at radius 3 is 2.17 bits per heavy atom. The third-order valence-corrected chi connectivity index (χ3v) is 3.63. The van der Waals surface area contributed by atoms with Crippen molar-refractivity contribution in [2.75, 3.05) is 13.2 Å². The maximum absolute atomic E-state index is 10.6. The molecule has 120 valence electrons. The zero-order valence-electron chi connectivity index (χ0n) is 12.7. The molecular formula is C6H10NNa3O10S3. The number of ether oxygens (including phenoxy) is 1. The van der Waals surface area contributed by atoms with Crippen LogP contribution in [0.1, 0.15) is 6.42 Å².